The van der Waals surface area contributed by atoms with E-state index in [-0.39, 0.29) is 34.9 Å². The van der Waals surface area contributed by atoms with Crippen LogP contribution in [0.1, 0.15) is 20.8 Å². The first kappa shape index (κ1) is 17.5. The van der Waals surface area contributed by atoms with Crippen LogP contribution in [0.2, 0.25) is 10.0 Å². The summed E-state index contributed by atoms with van der Waals surface area (Å²) in [6, 6.07) is 2.33. The number of benzene rings is 1. The van der Waals surface area contributed by atoms with E-state index >= 15 is 0 Å². The highest BCUT2D eigenvalue weighted by Crippen LogP contribution is 2.38. The summed E-state index contributed by atoms with van der Waals surface area (Å²) in [7, 11) is 0. The Kier molecular flexibility index (Phi) is 6.23. The third-order valence-corrected chi connectivity index (χ3v) is 3.30. The van der Waals surface area contributed by atoms with Gasteiger partial charge in [-0.15, -0.1) is 0 Å². The monoisotopic (exact) mass is 334 g/mol. The van der Waals surface area contributed by atoms with Crippen LogP contribution in [0.4, 0.5) is 11.4 Å². The molecule has 0 aliphatic carbocycles. The maximum absolute atomic E-state index is 11.7. The van der Waals surface area contributed by atoms with Gasteiger partial charge in [-0.25, -0.2) is 0 Å². The maximum Gasteiger partial charge on any atom is 0.325 e. The average molecular weight is 335 g/mol. The molecule has 0 spiro atoms. The SMILES string of the molecule is CCOC(=O)CN(c1c(Cl)cc([N+](=O)[O-])cc1Cl)C(C)C. The quantitative estimate of drug-likeness (QED) is 0.450. The first-order chi connectivity index (χ1) is 9.77. The Hall–Kier alpha value is -1.53. The second-order valence-corrected chi connectivity index (χ2v) is 5.36. The molecule has 0 radical (unpaired) electrons. The largest absolute Gasteiger partial charge is 0.465 e. The predicted octanol–water partition coefficient (Wildman–Crippen LogP) is 3.68. The Balaban J connectivity index is 3.20. The number of nitro groups is 1. The minimum atomic E-state index is -0.577. The fourth-order valence-electron chi connectivity index (χ4n) is 1.80. The second-order valence-electron chi connectivity index (χ2n) is 4.54. The zero-order valence-electron chi connectivity index (χ0n) is 11.9. The van der Waals surface area contributed by atoms with Gasteiger partial charge in [0.25, 0.3) is 5.69 Å². The molecule has 0 aliphatic rings. The summed E-state index contributed by atoms with van der Waals surface area (Å²) in [6.07, 6.45) is 0. The minimum Gasteiger partial charge on any atom is -0.465 e. The molecule has 0 aliphatic heterocycles. The zero-order chi connectivity index (χ0) is 16.2. The molecule has 1 aromatic rings. The highest BCUT2D eigenvalue weighted by atomic mass is 35.5. The zero-order valence-corrected chi connectivity index (χ0v) is 13.4. The summed E-state index contributed by atoms with van der Waals surface area (Å²) < 4.78 is 4.91. The van der Waals surface area contributed by atoms with Gasteiger partial charge in [0.2, 0.25) is 0 Å². The Morgan fingerprint density at radius 1 is 1.38 bits per heavy atom. The summed E-state index contributed by atoms with van der Waals surface area (Å²) in [6.45, 7) is 5.65. The second kappa shape index (κ2) is 7.47. The van der Waals surface area contributed by atoms with Crippen LogP contribution in [0.3, 0.4) is 0 Å². The van der Waals surface area contributed by atoms with Crippen LogP contribution in [-0.4, -0.2) is 30.1 Å². The number of nitro benzene ring substituents is 1. The first-order valence-corrected chi connectivity index (χ1v) is 7.09. The topological polar surface area (TPSA) is 72.7 Å². The number of rotatable bonds is 6. The lowest BCUT2D eigenvalue weighted by Crippen LogP contribution is -2.37. The number of hydrogen-bond acceptors (Lipinski definition) is 5. The maximum atomic E-state index is 11.7. The molecule has 1 rings (SSSR count). The molecule has 0 bridgehead atoms. The van der Waals surface area contributed by atoms with Crippen molar-refractivity contribution in [2.24, 2.45) is 0 Å². The molecule has 0 heterocycles. The van der Waals surface area contributed by atoms with Crippen LogP contribution < -0.4 is 4.90 Å². The van der Waals surface area contributed by atoms with E-state index < -0.39 is 10.9 Å². The smallest absolute Gasteiger partial charge is 0.325 e. The van der Waals surface area contributed by atoms with Gasteiger partial charge in [0.15, 0.2) is 0 Å². The van der Waals surface area contributed by atoms with Gasteiger partial charge >= 0.3 is 5.97 Å². The first-order valence-electron chi connectivity index (χ1n) is 6.33. The van der Waals surface area contributed by atoms with Crippen LogP contribution in [0.15, 0.2) is 12.1 Å². The molecule has 21 heavy (non-hydrogen) atoms. The van der Waals surface area contributed by atoms with Crippen LogP contribution in [-0.2, 0) is 9.53 Å². The van der Waals surface area contributed by atoms with Gasteiger partial charge in [0.1, 0.15) is 6.54 Å². The van der Waals surface area contributed by atoms with Gasteiger partial charge in [-0.3, -0.25) is 14.9 Å². The highest BCUT2D eigenvalue weighted by Gasteiger charge is 2.23. The van der Waals surface area contributed by atoms with E-state index in [1.54, 1.807) is 11.8 Å². The Bertz CT molecular complexity index is 526. The lowest BCUT2D eigenvalue weighted by atomic mass is 10.2. The Labute approximate surface area is 132 Å². The Morgan fingerprint density at radius 2 is 1.90 bits per heavy atom. The van der Waals surface area contributed by atoms with Crippen molar-refractivity contribution in [2.75, 3.05) is 18.1 Å². The molecule has 0 unspecified atom stereocenters. The third kappa shape index (κ3) is 4.47. The van der Waals surface area contributed by atoms with Gasteiger partial charge in [-0.05, 0) is 20.8 Å². The average Bonchev–Trinajstić information content (AvgIpc) is 2.36. The van der Waals surface area contributed by atoms with Gasteiger partial charge in [0, 0.05) is 18.2 Å². The van der Waals surface area contributed by atoms with E-state index in [9.17, 15) is 14.9 Å². The molecule has 6 nitrogen and oxygen atoms in total. The lowest BCUT2D eigenvalue weighted by Gasteiger charge is -2.29. The number of non-ortho nitro benzene ring substituents is 1. The van der Waals surface area contributed by atoms with E-state index in [2.05, 4.69) is 0 Å². The summed E-state index contributed by atoms with van der Waals surface area (Å²) >= 11 is 12.2. The number of anilines is 1. The van der Waals surface area contributed by atoms with Crippen LogP contribution in [0.5, 0.6) is 0 Å². The molecule has 116 valence electrons. The van der Waals surface area contributed by atoms with Crippen molar-refractivity contribution >= 4 is 40.5 Å². The molecular formula is C13H16Cl2N2O4. The van der Waals surface area contributed by atoms with E-state index in [1.165, 1.54) is 12.1 Å². The van der Waals surface area contributed by atoms with Gasteiger partial charge in [0.05, 0.1) is 27.3 Å². The van der Waals surface area contributed by atoms with Crippen molar-refractivity contribution in [1.29, 1.82) is 0 Å². The standard InChI is InChI=1S/C13H16Cl2N2O4/c1-4-21-12(18)7-16(8(2)3)13-10(14)5-9(17(19)20)6-11(13)15/h5-6,8H,4,7H2,1-3H3. The molecule has 0 fully saturated rings. The van der Waals surface area contributed by atoms with Crippen molar-refractivity contribution in [3.8, 4) is 0 Å². The Morgan fingerprint density at radius 3 is 2.29 bits per heavy atom. The van der Waals surface area contributed by atoms with E-state index in [0.717, 1.165) is 0 Å². The fraction of sp³-hybridized carbons (Fsp3) is 0.462. The molecule has 0 saturated heterocycles. The summed E-state index contributed by atoms with van der Waals surface area (Å²) in [4.78, 5) is 23.5. The van der Waals surface area contributed by atoms with E-state index in [0.29, 0.717) is 5.69 Å². The van der Waals surface area contributed by atoms with Gasteiger partial charge < -0.3 is 9.64 Å². The molecule has 0 atom stereocenters. The molecule has 0 saturated carbocycles. The number of hydrogen-bond donors (Lipinski definition) is 0. The van der Waals surface area contributed by atoms with Crippen molar-refractivity contribution in [3.63, 3.8) is 0 Å². The summed E-state index contributed by atoms with van der Waals surface area (Å²) in [5, 5.41) is 11.0. The fourth-order valence-corrected chi connectivity index (χ4v) is 2.49. The van der Waals surface area contributed by atoms with Crippen molar-refractivity contribution < 1.29 is 14.5 Å². The van der Waals surface area contributed by atoms with Gasteiger partial charge in [-0.1, -0.05) is 23.2 Å². The van der Waals surface area contributed by atoms with Crippen LogP contribution in [0, 0.1) is 10.1 Å². The molecule has 0 amide bonds. The van der Waals surface area contributed by atoms with Crippen molar-refractivity contribution in [3.05, 3.63) is 32.3 Å². The summed E-state index contributed by atoms with van der Waals surface area (Å²) in [5.41, 5.74) is 0.181. The predicted molar refractivity (Wildman–Crippen MR) is 82.2 cm³/mol. The van der Waals surface area contributed by atoms with E-state index in [4.69, 9.17) is 27.9 Å². The lowest BCUT2D eigenvalue weighted by molar-refractivity contribution is -0.384. The van der Waals surface area contributed by atoms with Gasteiger partial charge in [-0.2, -0.15) is 0 Å². The van der Waals surface area contributed by atoms with Crippen LogP contribution >= 0.6 is 23.2 Å². The molecule has 0 aromatic heterocycles. The summed E-state index contributed by atoms with van der Waals surface area (Å²) in [5.74, 6) is -0.420. The highest BCUT2D eigenvalue weighted by molar-refractivity contribution is 6.39. The molecular weight excluding hydrogens is 319 g/mol. The third-order valence-electron chi connectivity index (χ3n) is 2.73. The molecule has 8 heteroatoms. The molecule has 0 N–H and O–H groups in total. The number of ether oxygens (including phenoxy) is 1. The number of carbonyl (C=O) groups excluding carboxylic acids is 1. The number of esters is 1. The normalized spacial score (nSPS) is 10.6. The number of carbonyl (C=O) groups is 1. The molecule has 1 aromatic carbocycles. The number of nitrogens with zero attached hydrogens (tertiary/aromatic N) is 2. The number of halogens is 2. The van der Waals surface area contributed by atoms with Crippen LogP contribution in [0.25, 0.3) is 0 Å². The van der Waals surface area contributed by atoms with Crippen molar-refractivity contribution in [1.82, 2.24) is 0 Å². The minimum absolute atomic E-state index is 0.0389. The van der Waals surface area contributed by atoms with E-state index in [1.807, 2.05) is 13.8 Å². The van der Waals surface area contributed by atoms with Crippen molar-refractivity contribution in [2.45, 2.75) is 26.8 Å².